The van der Waals surface area contributed by atoms with E-state index in [-0.39, 0.29) is 12.3 Å². The lowest BCUT2D eigenvalue weighted by Crippen LogP contribution is -2.33. The van der Waals surface area contributed by atoms with Gasteiger partial charge in [0, 0.05) is 0 Å². The first-order valence-electron chi connectivity index (χ1n) is 6.97. The molecule has 0 bridgehead atoms. The molecule has 1 heterocycles. The van der Waals surface area contributed by atoms with E-state index in [1.165, 1.54) is 6.20 Å². The van der Waals surface area contributed by atoms with Gasteiger partial charge in [-0.15, -0.1) is 4.85 Å². The maximum Gasteiger partial charge on any atom is 0.386 e. The van der Waals surface area contributed by atoms with Gasteiger partial charge in [0.1, 0.15) is 18.0 Å². The molecule has 0 fully saturated rings. The van der Waals surface area contributed by atoms with Crippen molar-refractivity contribution in [1.29, 1.82) is 0 Å². The Morgan fingerprint density at radius 3 is 2.39 bits per heavy atom. The Morgan fingerprint density at radius 1 is 1.04 bits per heavy atom. The van der Waals surface area contributed by atoms with E-state index >= 15 is 0 Å². The number of carbonyl (C=O) groups is 1. The topological polar surface area (TPSA) is 79.0 Å². The van der Waals surface area contributed by atoms with Gasteiger partial charge in [-0.25, -0.2) is 4.79 Å². The highest BCUT2D eigenvalue weighted by atomic mass is 16.5. The van der Waals surface area contributed by atoms with Gasteiger partial charge >= 0.3 is 5.97 Å². The lowest BCUT2D eigenvalue weighted by atomic mass is 10.1. The number of ether oxygens (including phenoxy) is 1. The SMILES string of the molecule is O=C(OCc1ccccc1)c1nn[n+]([O-])cc1-c1ccccc1. The van der Waals surface area contributed by atoms with Crippen LogP contribution in [0.5, 0.6) is 0 Å². The van der Waals surface area contributed by atoms with Crippen molar-refractivity contribution in [3.05, 3.63) is 83.3 Å². The van der Waals surface area contributed by atoms with Gasteiger partial charge in [-0.05, 0) is 11.1 Å². The number of esters is 1. The quantitative estimate of drug-likeness (QED) is 0.419. The minimum atomic E-state index is -0.624. The van der Waals surface area contributed by atoms with E-state index in [1.807, 2.05) is 48.5 Å². The number of benzene rings is 2. The molecule has 0 radical (unpaired) electrons. The monoisotopic (exact) mass is 307 g/mol. The fraction of sp³-hybridized carbons (Fsp3) is 0.0588. The normalized spacial score (nSPS) is 10.3. The van der Waals surface area contributed by atoms with Crippen LogP contribution in [0, 0.1) is 5.21 Å². The molecule has 3 aromatic rings. The van der Waals surface area contributed by atoms with Gasteiger partial charge in [0.15, 0.2) is 0 Å². The first-order valence-corrected chi connectivity index (χ1v) is 6.97. The highest BCUT2D eigenvalue weighted by Gasteiger charge is 2.24. The van der Waals surface area contributed by atoms with Crippen LogP contribution >= 0.6 is 0 Å². The summed E-state index contributed by atoms with van der Waals surface area (Å²) in [6, 6.07) is 18.3. The van der Waals surface area contributed by atoms with Crippen molar-refractivity contribution in [3.8, 4) is 11.1 Å². The Bertz CT molecular complexity index is 808. The fourth-order valence-electron chi connectivity index (χ4n) is 2.11. The highest BCUT2D eigenvalue weighted by Crippen LogP contribution is 2.21. The van der Waals surface area contributed by atoms with Gasteiger partial charge in [0.05, 0.1) is 10.7 Å². The smallest absolute Gasteiger partial charge is 0.386 e. The Kier molecular flexibility index (Phi) is 4.24. The molecule has 6 heteroatoms. The van der Waals surface area contributed by atoms with Crippen LogP contribution in [0.3, 0.4) is 0 Å². The Balaban J connectivity index is 1.86. The van der Waals surface area contributed by atoms with Crippen molar-refractivity contribution in [2.45, 2.75) is 6.61 Å². The van der Waals surface area contributed by atoms with Crippen LogP contribution in [-0.2, 0) is 11.3 Å². The maximum atomic E-state index is 12.3. The minimum absolute atomic E-state index is 0.0132. The average molecular weight is 307 g/mol. The first kappa shape index (κ1) is 14.6. The average Bonchev–Trinajstić information content (AvgIpc) is 2.61. The first-order chi connectivity index (χ1) is 11.2. The van der Waals surface area contributed by atoms with Gasteiger partial charge in [0.2, 0.25) is 0 Å². The molecule has 0 N–H and O–H groups in total. The molecule has 2 aromatic carbocycles. The molecule has 23 heavy (non-hydrogen) atoms. The Hall–Kier alpha value is -3.28. The minimum Gasteiger partial charge on any atom is -0.691 e. The van der Waals surface area contributed by atoms with E-state index < -0.39 is 5.97 Å². The fourth-order valence-corrected chi connectivity index (χ4v) is 2.11. The van der Waals surface area contributed by atoms with Crippen molar-refractivity contribution in [3.63, 3.8) is 0 Å². The van der Waals surface area contributed by atoms with Crippen molar-refractivity contribution >= 4 is 5.97 Å². The Labute approximate surface area is 132 Å². The zero-order valence-corrected chi connectivity index (χ0v) is 12.1. The molecule has 0 spiro atoms. The summed E-state index contributed by atoms with van der Waals surface area (Å²) >= 11 is 0. The summed E-state index contributed by atoms with van der Waals surface area (Å²) in [5.74, 6) is -0.624. The van der Waals surface area contributed by atoms with Crippen molar-refractivity contribution in [1.82, 2.24) is 10.3 Å². The Morgan fingerprint density at radius 2 is 1.70 bits per heavy atom. The number of carbonyl (C=O) groups excluding carboxylic acids is 1. The molecule has 0 aliphatic heterocycles. The van der Waals surface area contributed by atoms with Crippen LogP contribution in [0.2, 0.25) is 0 Å². The molecule has 3 rings (SSSR count). The predicted octanol–water partition coefficient (Wildman–Crippen LogP) is 2.13. The summed E-state index contributed by atoms with van der Waals surface area (Å²) in [7, 11) is 0. The third-order valence-corrected chi connectivity index (χ3v) is 3.22. The molecule has 0 aliphatic carbocycles. The van der Waals surface area contributed by atoms with E-state index in [1.54, 1.807) is 12.1 Å². The molecule has 0 aliphatic rings. The second kappa shape index (κ2) is 6.65. The largest absolute Gasteiger partial charge is 0.691 e. The standard InChI is InChI=1S/C17H13N3O3/c21-17(23-12-13-7-3-1-4-8-13)16-15(11-20(22)19-18-16)14-9-5-2-6-10-14/h1-11H,12H2. The van der Waals surface area contributed by atoms with Gasteiger partial charge in [-0.1, -0.05) is 60.7 Å². The number of nitrogens with zero attached hydrogens (tertiary/aromatic N) is 3. The number of rotatable bonds is 4. The van der Waals surface area contributed by atoms with Crippen LogP contribution in [0.4, 0.5) is 0 Å². The molecule has 0 atom stereocenters. The third kappa shape index (κ3) is 3.49. The summed E-state index contributed by atoms with van der Waals surface area (Å²) in [5.41, 5.74) is 1.96. The van der Waals surface area contributed by atoms with Crippen molar-refractivity contribution in [2.75, 3.05) is 0 Å². The number of hydrogen-bond donors (Lipinski definition) is 0. The van der Waals surface area contributed by atoms with Crippen LogP contribution in [-0.4, -0.2) is 16.3 Å². The van der Waals surface area contributed by atoms with Crippen LogP contribution in [0.1, 0.15) is 16.1 Å². The summed E-state index contributed by atoms with van der Waals surface area (Å²) < 4.78 is 5.26. The van der Waals surface area contributed by atoms with E-state index in [0.29, 0.717) is 16.0 Å². The number of hydrogen-bond acceptors (Lipinski definition) is 5. The van der Waals surface area contributed by atoms with E-state index in [4.69, 9.17) is 4.74 Å². The second-order valence-corrected chi connectivity index (χ2v) is 4.81. The maximum absolute atomic E-state index is 12.3. The van der Waals surface area contributed by atoms with Gasteiger partial charge < -0.3 is 9.94 Å². The molecule has 1 aromatic heterocycles. The van der Waals surface area contributed by atoms with Crippen LogP contribution in [0.25, 0.3) is 11.1 Å². The molecule has 6 nitrogen and oxygen atoms in total. The molecule has 0 saturated carbocycles. The lowest BCUT2D eigenvalue weighted by Gasteiger charge is -2.06. The number of aromatic nitrogens is 3. The zero-order valence-electron chi connectivity index (χ0n) is 12.1. The molecule has 0 saturated heterocycles. The molecule has 0 unspecified atom stereocenters. The van der Waals surface area contributed by atoms with Crippen molar-refractivity contribution < 1.29 is 14.4 Å². The summed E-state index contributed by atoms with van der Waals surface area (Å²) in [6.45, 7) is 0.127. The summed E-state index contributed by atoms with van der Waals surface area (Å²) in [5, 5.41) is 18.5. The molecule has 114 valence electrons. The zero-order chi connectivity index (χ0) is 16.1. The summed E-state index contributed by atoms with van der Waals surface area (Å²) in [4.78, 5) is 12.6. The van der Waals surface area contributed by atoms with Gasteiger partial charge in [-0.3, -0.25) is 0 Å². The molecule has 0 amide bonds. The van der Waals surface area contributed by atoms with Crippen LogP contribution in [0.15, 0.2) is 66.9 Å². The van der Waals surface area contributed by atoms with Crippen molar-refractivity contribution in [2.24, 2.45) is 0 Å². The van der Waals surface area contributed by atoms with E-state index in [2.05, 4.69) is 10.3 Å². The van der Waals surface area contributed by atoms with Crippen LogP contribution < -0.4 is 4.85 Å². The third-order valence-electron chi connectivity index (χ3n) is 3.22. The molecular weight excluding hydrogens is 294 g/mol. The lowest BCUT2D eigenvalue weighted by molar-refractivity contribution is -0.674. The van der Waals surface area contributed by atoms with E-state index in [0.717, 1.165) is 5.56 Å². The van der Waals surface area contributed by atoms with Gasteiger partial charge in [-0.2, -0.15) is 0 Å². The summed E-state index contributed by atoms with van der Waals surface area (Å²) in [6.07, 6.45) is 1.21. The van der Waals surface area contributed by atoms with E-state index in [9.17, 15) is 10.0 Å². The highest BCUT2D eigenvalue weighted by molar-refractivity contribution is 5.94. The molecular formula is C17H13N3O3. The van der Waals surface area contributed by atoms with Gasteiger partial charge in [0.25, 0.3) is 5.69 Å². The predicted molar refractivity (Wildman–Crippen MR) is 82.0 cm³/mol. The second-order valence-electron chi connectivity index (χ2n) is 4.81.